The minimum atomic E-state index is -0.591. The highest BCUT2D eigenvalue weighted by Crippen LogP contribution is 2.35. The molecule has 0 aliphatic carbocycles. The van der Waals surface area contributed by atoms with Crippen molar-refractivity contribution < 1.29 is 9.90 Å². The molecular formula is C16H30N2O2. The maximum atomic E-state index is 11.4. The molecule has 1 N–H and O–H groups in total. The van der Waals surface area contributed by atoms with Crippen molar-refractivity contribution in [3.8, 4) is 0 Å². The first-order chi connectivity index (χ1) is 9.57. The van der Waals surface area contributed by atoms with Crippen molar-refractivity contribution in [3.05, 3.63) is 0 Å². The van der Waals surface area contributed by atoms with E-state index in [-0.39, 0.29) is 0 Å². The third kappa shape index (κ3) is 3.53. The summed E-state index contributed by atoms with van der Waals surface area (Å²) in [6.45, 7) is 6.30. The molecule has 20 heavy (non-hydrogen) atoms. The van der Waals surface area contributed by atoms with E-state index in [0.29, 0.717) is 0 Å². The van der Waals surface area contributed by atoms with Crippen LogP contribution < -0.4 is 0 Å². The summed E-state index contributed by atoms with van der Waals surface area (Å²) in [6, 6.07) is 0.737. The Balaban J connectivity index is 1.75. The van der Waals surface area contributed by atoms with Crippen molar-refractivity contribution in [3.63, 3.8) is 0 Å². The molecule has 116 valence electrons. The van der Waals surface area contributed by atoms with E-state index in [9.17, 15) is 9.90 Å². The summed E-state index contributed by atoms with van der Waals surface area (Å²) in [5.74, 6) is -0.591. The standard InChI is InChI=1S/C16H30N2O2/c1-3-16(15(19)20)8-12-18(13-9-16)11-7-14-6-4-5-10-17(14)2/h14H,3-13H2,1-2H3,(H,19,20). The first-order valence-electron chi connectivity index (χ1n) is 8.23. The predicted molar refractivity (Wildman–Crippen MR) is 80.9 cm³/mol. The topological polar surface area (TPSA) is 43.8 Å². The van der Waals surface area contributed by atoms with Crippen molar-refractivity contribution in [2.75, 3.05) is 33.2 Å². The quantitative estimate of drug-likeness (QED) is 0.841. The van der Waals surface area contributed by atoms with E-state index in [2.05, 4.69) is 16.8 Å². The van der Waals surface area contributed by atoms with Gasteiger partial charge in [0, 0.05) is 6.04 Å². The zero-order valence-electron chi connectivity index (χ0n) is 13.1. The Morgan fingerprint density at radius 1 is 1.25 bits per heavy atom. The molecule has 4 nitrogen and oxygen atoms in total. The number of carboxylic acid groups (broad SMARTS) is 1. The van der Waals surface area contributed by atoms with Crippen LogP contribution in [0.5, 0.6) is 0 Å². The maximum Gasteiger partial charge on any atom is 0.309 e. The van der Waals surface area contributed by atoms with Crippen molar-refractivity contribution >= 4 is 5.97 Å². The van der Waals surface area contributed by atoms with Gasteiger partial charge < -0.3 is 14.9 Å². The summed E-state index contributed by atoms with van der Waals surface area (Å²) in [5.41, 5.74) is -0.446. The zero-order chi connectivity index (χ0) is 14.6. The minimum absolute atomic E-state index is 0.446. The number of rotatable bonds is 5. The number of hydrogen-bond donors (Lipinski definition) is 1. The Bertz CT molecular complexity index is 324. The average Bonchev–Trinajstić information content (AvgIpc) is 2.47. The van der Waals surface area contributed by atoms with Gasteiger partial charge in [-0.25, -0.2) is 0 Å². The lowest BCUT2D eigenvalue weighted by atomic mass is 9.76. The Labute approximate surface area is 123 Å². The van der Waals surface area contributed by atoms with Crippen molar-refractivity contribution in [2.45, 2.75) is 57.9 Å². The maximum absolute atomic E-state index is 11.4. The van der Waals surface area contributed by atoms with Gasteiger partial charge in [-0.05, 0) is 71.8 Å². The van der Waals surface area contributed by atoms with Crippen LogP contribution in [0.3, 0.4) is 0 Å². The molecule has 0 aromatic rings. The summed E-state index contributed by atoms with van der Waals surface area (Å²) in [7, 11) is 2.24. The fourth-order valence-electron chi connectivity index (χ4n) is 3.76. The number of carbonyl (C=O) groups is 1. The molecule has 0 amide bonds. The van der Waals surface area contributed by atoms with Crippen LogP contribution in [-0.2, 0) is 4.79 Å². The van der Waals surface area contributed by atoms with Gasteiger partial charge in [0.2, 0.25) is 0 Å². The molecule has 2 rings (SSSR count). The highest BCUT2D eigenvalue weighted by molar-refractivity contribution is 5.74. The van der Waals surface area contributed by atoms with Crippen molar-refractivity contribution in [2.24, 2.45) is 5.41 Å². The molecule has 2 fully saturated rings. The van der Waals surface area contributed by atoms with E-state index in [4.69, 9.17) is 0 Å². The van der Waals surface area contributed by atoms with E-state index in [1.54, 1.807) is 0 Å². The zero-order valence-corrected chi connectivity index (χ0v) is 13.1. The molecule has 2 heterocycles. The summed E-state index contributed by atoms with van der Waals surface area (Å²) < 4.78 is 0. The first kappa shape index (κ1) is 15.8. The molecule has 1 unspecified atom stereocenters. The van der Waals surface area contributed by atoms with E-state index in [1.807, 2.05) is 6.92 Å². The highest BCUT2D eigenvalue weighted by atomic mass is 16.4. The van der Waals surface area contributed by atoms with Gasteiger partial charge in [0.1, 0.15) is 0 Å². The molecule has 2 aliphatic heterocycles. The first-order valence-corrected chi connectivity index (χ1v) is 8.23. The van der Waals surface area contributed by atoms with Crippen LogP contribution >= 0.6 is 0 Å². The van der Waals surface area contributed by atoms with Crippen molar-refractivity contribution in [1.82, 2.24) is 9.80 Å². The molecule has 1 atom stereocenters. The van der Waals surface area contributed by atoms with Gasteiger partial charge in [-0.1, -0.05) is 13.3 Å². The number of nitrogens with zero attached hydrogens (tertiary/aromatic N) is 2. The third-order valence-corrected chi connectivity index (χ3v) is 5.64. The molecule has 0 aromatic heterocycles. The summed E-state index contributed by atoms with van der Waals surface area (Å²) in [5, 5.41) is 9.42. The molecule has 4 heteroatoms. The van der Waals surface area contributed by atoms with E-state index >= 15 is 0 Å². The second kappa shape index (κ2) is 6.90. The molecule has 0 bridgehead atoms. The Hall–Kier alpha value is -0.610. The fraction of sp³-hybridized carbons (Fsp3) is 0.938. The summed E-state index contributed by atoms with van der Waals surface area (Å²) >= 11 is 0. The van der Waals surface area contributed by atoms with E-state index in [0.717, 1.165) is 44.9 Å². The van der Waals surface area contributed by atoms with Gasteiger partial charge in [0.15, 0.2) is 0 Å². The third-order valence-electron chi connectivity index (χ3n) is 5.64. The van der Waals surface area contributed by atoms with E-state index in [1.165, 1.54) is 32.2 Å². The lowest BCUT2D eigenvalue weighted by Crippen LogP contribution is -2.45. The number of likely N-dealkylation sites (tertiary alicyclic amines) is 2. The second-order valence-corrected chi connectivity index (χ2v) is 6.70. The SMILES string of the molecule is CCC1(C(=O)O)CCN(CCC2CCCCN2C)CC1. The second-order valence-electron chi connectivity index (χ2n) is 6.70. The van der Waals surface area contributed by atoms with Gasteiger partial charge in [0.05, 0.1) is 5.41 Å². The number of aliphatic carboxylic acids is 1. The Morgan fingerprint density at radius 2 is 1.95 bits per heavy atom. The molecule has 2 saturated heterocycles. The Kier molecular flexibility index (Phi) is 5.44. The van der Waals surface area contributed by atoms with Crippen LogP contribution in [0.15, 0.2) is 0 Å². The predicted octanol–water partition coefficient (Wildman–Crippen LogP) is 2.44. The number of piperidine rings is 2. The number of carboxylic acids is 1. The van der Waals surface area contributed by atoms with Crippen molar-refractivity contribution in [1.29, 1.82) is 0 Å². The van der Waals surface area contributed by atoms with Gasteiger partial charge in [0.25, 0.3) is 0 Å². The molecule has 0 saturated carbocycles. The monoisotopic (exact) mass is 282 g/mol. The van der Waals surface area contributed by atoms with Crippen LogP contribution in [0.4, 0.5) is 0 Å². The van der Waals surface area contributed by atoms with Crippen LogP contribution in [0.2, 0.25) is 0 Å². The molecule has 2 aliphatic rings. The van der Waals surface area contributed by atoms with Crippen LogP contribution in [-0.4, -0.2) is 60.1 Å². The van der Waals surface area contributed by atoms with Crippen LogP contribution in [0, 0.1) is 5.41 Å². The van der Waals surface area contributed by atoms with Gasteiger partial charge in [-0.15, -0.1) is 0 Å². The minimum Gasteiger partial charge on any atom is -0.481 e. The summed E-state index contributed by atoms with van der Waals surface area (Å²) in [6.07, 6.45) is 7.68. The molecular weight excluding hydrogens is 252 g/mol. The molecule has 0 spiro atoms. The average molecular weight is 282 g/mol. The summed E-state index contributed by atoms with van der Waals surface area (Å²) in [4.78, 5) is 16.4. The van der Waals surface area contributed by atoms with Crippen LogP contribution in [0.25, 0.3) is 0 Å². The largest absolute Gasteiger partial charge is 0.481 e. The lowest BCUT2D eigenvalue weighted by molar-refractivity contribution is -0.152. The smallest absolute Gasteiger partial charge is 0.309 e. The molecule has 0 aromatic carbocycles. The van der Waals surface area contributed by atoms with Gasteiger partial charge >= 0.3 is 5.97 Å². The molecule has 0 radical (unpaired) electrons. The van der Waals surface area contributed by atoms with Crippen LogP contribution in [0.1, 0.15) is 51.9 Å². The van der Waals surface area contributed by atoms with Gasteiger partial charge in [-0.2, -0.15) is 0 Å². The van der Waals surface area contributed by atoms with E-state index < -0.39 is 11.4 Å². The normalized spacial score (nSPS) is 28.4. The van der Waals surface area contributed by atoms with Gasteiger partial charge in [-0.3, -0.25) is 4.79 Å². The number of hydrogen-bond acceptors (Lipinski definition) is 3. The Morgan fingerprint density at radius 3 is 2.50 bits per heavy atom. The highest BCUT2D eigenvalue weighted by Gasteiger charge is 2.39. The fourth-order valence-corrected chi connectivity index (χ4v) is 3.76. The lowest BCUT2D eigenvalue weighted by Gasteiger charge is -2.40.